The Morgan fingerprint density at radius 1 is 1.07 bits per heavy atom. The molecular weight excluding hydrogens is 414 g/mol. The third kappa shape index (κ3) is 6.99. The van der Waals surface area contributed by atoms with Crippen LogP contribution in [0.15, 0.2) is 53.4 Å². The van der Waals surface area contributed by atoms with Crippen LogP contribution in [0.3, 0.4) is 0 Å². The second-order valence-electron chi connectivity index (χ2n) is 6.22. The monoisotopic (exact) mass is 437 g/mol. The molecule has 0 saturated carbocycles. The van der Waals surface area contributed by atoms with Gasteiger partial charge in [-0.3, -0.25) is 25.2 Å². The molecule has 0 unspecified atom stereocenters. The minimum absolute atomic E-state index is 0.0809. The first kappa shape index (κ1) is 22.6. The summed E-state index contributed by atoms with van der Waals surface area (Å²) >= 11 is 1.44. The molecule has 0 heterocycles. The topological polar surface area (TPSA) is 114 Å². The standard InChI is InChI=1S/C19H23N3O5S2/c1-13(2)28-12-18(23)20-21-19(24)14-5-4-6-17(11-14)29(25,26)22-15-7-9-16(27-3)10-8-15/h4-11,13,22H,12H2,1-3H3,(H,20,23)(H,21,24). The van der Waals surface area contributed by atoms with Gasteiger partial charge in [-0.1, -0.05) is 19.9 Å². The fourth-order valence-corrected chi connectivity index (χ4v) is 3.82. The number of benzene rings is 2. The van der Waals surface area contributed by atoms with E-state index in [1.807, 2.05) is 13.8 Å². The van der Waals surface area contributed by atoms with Crippen molar-refractivity contribution < 1.29 is 22.7 Å². The molecule has 0 fully saturated rings. The highest BCUT2D eigenvalue weighted by atomic mass is 32.2. The number of anilines is 1. The summed E-state index contributed by atoms with van der Waals surface area (Å²) in [5, 5.41) is 0.288. The van der Waals surface area contributed by atoms with Gasteiger partial charge in [0.2, 0.25) is 5.91 Å². The summed E-state index contributed by atoms with van der Waals surface area (Å²) in [5.41, 5.74) is 5.05. The number of methoxy groups -OCH3 is 1. The first-order valence-corrected chi connectivity index (χ1v) is 11.2. The lowest BCUT2D eigenvalue weighted by molar-refractivity contribution is -0.119. The van der Waals surface area contributed by atoms with Crippen LogP contribution in [0.4, 0.5) is 5.69 Å². The summed E-state index contributed by atoms with van der Waals surface area (Å²) in [6.45, 7) is 3.92. The lowest BCUT2D eigenvalue weighted by Gasteiger charge is -2.11. The SMILES string of the molecule is COc1ccc(NS(=O)(=O)c2cccc(C(=O)NNC(=O)CSC(C)C)c2)cc1. The van der Waals surface area contributed by atoms with Crippen molar-refractivity contribution in [3.63, 3.8) is 0 Å². The van der Waals surface area contributed by atoms with Crippen LogP contribution in [0.5, 0.6) is 5.75 Å². The van der Waals surface area contributed by atoms with E-state index in [4.69, 9.17) is 4.74 Å². The Bertz CT molecular complexity index is 960. The van der Waals surface area contributed by atoms with Crippen LogP contribution in [0, 0.1) is 0 Å². The molecule has 8 nitrogen and oxygen atoms in total. The van der Waals surface area contributed by atoms with Gasteiger partial charge in [-0.2, -0.15) is 0 Å². The van der Waals surface area contributed by atoms with Crippen LogP contribution in [0.25, 0.3) is 0 Å². The molecule has 0 aliphatic heterocycles. The molecule has 0 bridgehead atoms. The van der Waals surface area contributed by atoms with Gasteiger partial charge in [-0.15, -0.1) is 11.8 Å². The zero-order valence-electron chi connectivity index (χ0n) is 16.3. The van der Waals surface area contributed by atoms with E-state index in [0.29, 0.717) is 11.4 Å². The number of sulfonamides is 1. The highest BCUT2D eigenvalue weighted by molar-refractivity contribution is 8.00. The molecule has 0 aliphatic carbocycles. The van der Waals surface area contributed by atoms with Gasteiger partial charge in [-0.25, -0.2) is 8.42 Å². The minimum Gasteiger partial charge on any atom is -0.497 e. The van der Waals surface area contributed by atoms with E-state index in [-0.39, 0.29) is 27.4 Å². The minimum atomic E-state index is -3.90. The van der Waals surface area contributed by atoms with Crippen molar-refractivity contribution in [1.82, 2.24) is 10.9 Å². The van der Waals surface area contributed by atoms with Crippen LogP contribution in [-0.2, 0) is 14.8 Å². The molecule has 0 aromatic heterocycles. The van der Waals surface area contributed by atoms with Crippen LogP contribution >= 0.6 is 11.8 Å². The number of nitrogens with one attached hydrogen (secondary N) is 3. The number of hydrazine groups is 1. The lowest BCUT2D eigenvalue weighted by atomic mass is 10.2. The maximum absolute atomic E-state index is 12.6. The van der Waals surface area contributed by atoms with Crippen molar-refractivity contribution in [2.75, 3.05) is 17.6 Å². The molecule has 29 heavy (non-hydrogen) atoms. The summed E-state index contributed by atoms with van der Waals surface area (Å²) in [4.78, 5) is 23.8. The summed E-state index contributed by atoms with van der Waals surface area (Å²) < 4.78 is 32.7. The number of hydrogen-bond acceptors (Lipinski definition) is 6. The zero-order valence-corrected chi connectivity index (χ0v) is 17.9. The van der Waals surface area contributed by atoms with E-state index in [1.54, 1.807) is 24.3 Å². The highest BCUT2D eigenvalue weighted by Crippen LogP contribution is 2.20. The number of rotatable bonds is 8. The number of thioether (sulfide) groups is 1. The molecule has 0 aliphatic rings. The Morgan fingerprint density at radius 2 is 1.76 bits per heavy atom. The van der Waals surface area contributed by atoms with E-state index in [2.05, 4.69) is 15.6 Å². The third-order valence-corrected chi connectivity index (χ3v) is 6.09. The quantitative estimate of drug-likeness (QED) is 0.547. The molecule has 2 rings (SSSR count). The molecule has 2 amide bonds. The van der Waals surface area contributed by atoms with Gasteiger partial charge in [0.15, 0.2) is 0 Å². The predicted octanol–water partition coefficient (Wildman–Crippen LogP) is 2.40. The van der Waals surface area contributed by atoms with E-state index < -0.39 is 15.9 Å². The second-order valence-corrected chi connectivity index (χ2v) is 9.47. The summed E-state index contributed by atoms with van der Waals surface area (Å²) in [5.74, 6) is -0.158. The first-order chi connectivity index (χ1) is 13.7. The lowest BCUT2D eigenvalue weighted by Crippen LogP contribution is -2.42. The fraction of sp³-hybridized carbons (Fsp3) is 0.263. The highest BCUT2D eigenvalue weighted by Gasteiger charge is 2.17. The maximum Gasteiger partial charge on any atom is 0.269 e. The van der Waals surface area contributed by atoms with Gasteiger partial charge in [0.25, 0.3) is 15.9 Å². The molecule has 0 saturated heterocycles. The largest absolute Gasteiger partial charge is 0.497 e. The zero-order chi connectivity index (χ0) is 21.4. The normalized spacial score (nSPS) is 11.0. The summed E-state index contributed by atoms with van der Waals surface area (Å²) in [6, 6.07) is 11.9. The van der Waals surface area contributed by atoms with Gasteiger partial charge in [0.05, 0.1) is 17.8 Å². The van der Waals surface area contributed by atoms with Gasteiger partial charge < -0.3 is 4.74 Å². The maximum atomic E-state index is 12.6. The van der Waals surface area contributed by atoms with Crippen LogP contribution < -0.4 is 20.3 Å². The van der Waals surface area contributed by atoms with E-state index >= 15 is 0 Å². The number of amides is 2. The molecule has 0 spiro atoms. The Morgan fingerprint density at radius 3 is 2.38 bits per heavy atom. The number of carbonyl (C=O) groups is 2. The van der Waals surface area contributed by atoms with Crippen molar-refractivity contribution in [2.24, 2.45) is 0 Å². The molecule has 156 valence electrons. The van der Waals surface area contributed by atoms with Gasteiger partial charge in [0, 0.05) is 11.3 Å². The molecule has 2 aromatic carbocycles. The Kier molecular flexibility index (Phi) is 7.91. The molecule has 0 atom stereocenters. The van der Waals surface area contributed by atoms with E-state index in [0.717, 1.165) is 0 Å². The average molecular weight is 438 g/mol. The first-order valence-electron chi connectivity index (χ1n) is 8.69. The van der Waals surface area contributed by atoms with Gasteiger partial charge in [-0.05, 0) is 47.7 Å². The second kappa shape index (κ2) is 10.2. The van der Waals surface area contributed by atoms with Crippen molar-refractivity contribution >= 4 is 39.3 Å². The predicted molar refractivity (Wildman–Crippen MR) is 113 cm³/mol. The third-order valence-electron chi connectivity index (χ3n) is 3.61. The molecular formula is C19H23N3O5S2. The van der Waals surface area contributed by atoms with Crippen molar-refractivity contribution in [1.29, 1.82) is 0 Å². The molecule has 10 heteroatoms. The number of ether oxygens (including phenoxy) is 1. The van der Waals surface area contributed by atoms with Crippen molar-refractivity contribution in [2.45, 2.75) is 24.0 Å². The smallest absolute Gasteiger partial charge is 0.269 e. The van der Waals surface area contributed by atoms with Crippen molar-refractivity contribution in [3.8, 4) is 5.75 Å². The fourth-order valence-electron chi connectivity index (χ4n) is 2.15. The Labute approximate surface area is 174 Å². The van der Waals surface area contributed by atoms with Gasteiger partial charge >= 0.3 is 0 Å². The summed E-state index contributed by atoms with van der Waals surface area (Å²) in [7, 11) is -2.38. The average Bonchev–Trinajstić information content (AvgIpc) is 2.70. The summed E-state index contributed by atoms with van der Waals surface area (Å²) in [6.07, 6.45) is 0. The van der Waals surface area contributed by atoms with Crippen LogP contribution in [0.1, 0.15) is 24.2 Å². The van der Waals surface area contributed by atoms with E-state index in [9.17, 15) is 18.0 Å². The van der Waals surface area contributed by atoms with Crippen LogP contribution in [0.2, 0.25) is 0 Å². The number of carbonyl (C=O) groups excluding carboxylic acids is 2. The van der Waals surface area contributed by atoms with Crippen molar-refractivity contribution in [3.05, 3.63) is 54.1 Å². The van der Waals surface area contributed by atoms with Crippen LogP contribution in [-0.4, -0.2) is 38.3 Å². The molecule has 2 aromatic rings. The molecule has 0 radical (unpaired) electrons. The Balaban J connectivity index is 2.04. The molecule has 3 N–H and O–H groups in total. The Hall–Kier alpha value is -2.72. The van der Waals surface area contributed by atoms with Gasteiger partial charge in [0.1, 0.15) is 5.75 Å². The number of hydrogen-bond donors (Lipinski definition) is 3. The van der Waals surface area contributed by atoms with E-state index in [1.165, 1.54) is 43.1 Å².